The summed E-state index contributed by atoms with van der Waals surface area (Å²) in [5.74, 6) is -1.27. The minimum Gasteiger partial charge on any atom is -0.378 e. The van der Waals surface area contributed by atoms with E-state index in [1.54, 1.807) is 60.7 Å². The number of benzene rings is 3. The fraction of sp³-hybridized carbons (Fsp3) is 0.200. The Kier molecular flexibility index (Phi) is 8.84. The molecule has 3 aliphatic heterocycles. The number of morpholine rings is 1. The van der Waals surface area contributed by atoms with Crippen LogP contribution in [-0.4, -0.2) is 77.7 Å². The van der Waals surface area contributed by atoms with E-state index < -0.39 is 31.9 Å². The van der Waals surface area contributed by atoms with E-state index >= 15 is 0 Å². The van der Waals surface area contributed by atoms with Crippen LogP contribution in [0.1, 0.15) is 11.1 Å². The predicted octanol–water partition coefficient (Wildman–Crippen LogP) is 3.50. The van der Waals surface area contributed by atoms with Crippen molar-refractivity contribution < 1.29 is 31.2 Å². The molecule has 0 saturated carbocycles. The first-order chi connectivity index (χ1) is 20.9. The van der Waals surface area contributed by atoms with Gasteiger partial charge in [0, 0.05) is 38.6 Å². The molecule has 0 radical (unpaired) electrons. The average molecular weight is 657 g/mol. The maximum Gasteiger partial charge on any atom is 0.285 e. The van der Waals surface area contributed by atoms with Crippen molar-refractivity contribution in [2.45, 2.75) is 0 Å². The van der Waals surface area contributed by atoms with Gasteiger partial charge in [-0.3, -0.25) is 9.59 Å². The van der Waals surface area contributed by atoms with E-state index in [1.807, 2.05) is 24.3 Å². The summed E-state index contributed by atoms with van der Waals surface area (Å²) in [5, 5.41) is 2.77. The first-order valence-corrected chi connectivity index (χ1v) is 16.7. The predicted molar refractivity (Wildman–Crippen MR) is 169 cm³/mol. The van der Waals surface area contributed by atoms with Crippen molar-refractivity contribution in [2.24, 2.45) is 0 Å². The summed E-state index contributed by atoms with van der Waals surface area (Å²) in [6, 6.07) is 24.6. The van der Waals surface area contributed by atoms with Gasteiger partial charge in [0.25, 0.3) is 31.9 Å². The smallest absolute Gasteiger partial charge is 0.285 e. The Hall–Kier alpha value is -4.17. The van der Waals surface area contributed by atoms with Gasteiger partial charge in [-0.15, -0.1) is 0 Å². The summed E-state index contributed by atoms with van der Waals surface area (Å²) >= 11 is 5.75. The zero-order chi connectivity index (χ0) is 31.6. The minimum atomic E-state index is -3.88. The van der Waals surface area contributed by atoms with Gasteiger partial charge in [0.15, 0.2) is 0 Å². The lowest BCUT2D eigenvalue weighted by Crippen LogP contribution is -2.36. The Balaban J connectivity index is 0.000000204. The molecule has 0 atom stereocenters. The van der Waals surface area contributed by atoms with Gasteiger partial charge in [-0.1, -0.05) is 72.3 Å². The van der Waals surface area contributed by atoms with Crippen molar-refractivity contribution in [3.63, 3.8) is 0 Å². The first-order valence-electron chi connectivity index (χ1n) is 13.5. The zero-order valence-corrected chi connectivity index (χ0v) is 26.2. The Bertz CT molecular complexity index is 1860. The van der Waals surface area contributed by atoms with Crippen LogP contribution in [0.4, 0.5) is 11.4 Å². The van der Waals surface area contributed by atoms with E-state index in [0.29, 0.717) is 34.3 Å². The third-order valence-electron chi connectivity index (χ3n) is 7.22. The van der Waals surface area contributed by atoms with Crippen LogP contribution >= 0.6 is 11.6 Å². The quantitative estimate of drug-likeness (QED) is 0.438. The molecule has 14 heteroatoms. The van der Waals surface area contributed by atoms with Crippen LogP contribution in [-0.2, 0) is 34.4 Å². The maximum absolute atomic E-state index is 12.8. The average Bonchev–Trinajstić information content (AvgIpc) is 3.30. The monoisotopic (exact) mass is 656 g/mol. The number of carbonyl (C=O) groups is 2. The van der Waals surface area contributed by atoms with Gasteiger partial charge < -0.3 is 15.0 Å². The Morgan fingerprint density at radius 2 is 1.16 bits per heavy atom. The highest BCUT2D eigenvalue weighted by molar-refractivity contribution is 8.00. The molecule has 44 heavy (non-hydrogen) atoms. The van der Waals surface area contributed by atoms with E-state index in [1.165, 1.54) is 14.1 Å². The zero-order valence-electron chi connectivity index (χ0n) is 23.8. The molecule has 6 rings (SSSR count). The molecule has 1 fully saturated rings. The number of nitrogens with zero attached hydrogens (tertiary/aromatic N) is 3. The van der Waals surface area contributed by atoms with Crippen molar-refractivity contribution in [1.29, 1.82) is 0 Å². The van der Waals surface area contributed by atoms with Crippen LogP contribution in [0.15, 0.2) is 95.7 Å². The summed E-state index contributed by atoms with van der Waals surface area (Å²) in [4.78, 5) is 26.2. The number of nitrogens with one attached hydrogen (secondary N) is 1. The lowest BCUT2D eigenvalue weighted by Gasteiger charge is -2.28. The van der Waals surface area contributed by atoms with E-state index in [4.69, 9.17) is 16.3 Å². The molecule has 0 aliphatic carbocycles. The third kappa shape index (κ3) is 5.83. The minimum absolute atomic E-state index is 0.00199. The van der Waals surface area contributed by atoms with Gasteiger partial charge in [-0.25, -0.2) is 25.4 Å². The highest BCUT2D eigenvalue weighted by atomic mass is 35.5. The number of halogens is 1. The van der Waals surface area contributed by atoms with E-state index in [-0.39, 0.29) is 20.5 Å². The molecule has 0 aromatic heterocycles. The second-order valence-electron chi connectivity index (χ2n) is 9.91. The molecule has 3 heterocycles. The molecule has 3 aromatic carbocycles. The molecular formula is C30H29ClN4O7S2. The summed E-state index contributed by atoms with van der Waals surface area (Å²) in [7, 11) is -5.20. The van der Waals surface area contributed by atoms with Crippen molar-refractivity contribution >= 4 is 64.6 Å². The number of likely N-dealkylation sites (N-methyl/N-ethyl adjacent to an activating group) is 2. The lowest BCUT2D eigenvalue weighted by atomic mass is 10.1. The highest BCUT2D eigenvalue weighted by Gasteiger charge is 2.43. The van der Waals surface area contributed by atoms with Crippen LogP contribution in [0.5, 0.6) is 0 Å². The second kappa shape index (κ2) is 12.4. The van der Waals surface area contributed by atoms with Crippen LogP contribution in [0, 0.1) is 0 Å². The van der Waals surface area contributed by atoms with Crippen molar-refractivity contribution in [3.05, 3.63) is 107 Å². The second-order valence-corrected chi connectivity index (χ2v) is 14.1. The molecule has 2 amide bonds. The summed E-state index contributed by atoms with van der Waals surface area (Å²) in [6.07, 6.45) is 0. The largest absolute Gasteiger partial charge is 0.378 e. The molecule has 1 saturated heterocycles. The fourth-order valence-corrected chi connectivity index (χ4v) is 8.13. The Morgan fingerprint density at radius 1 is 0.682 bits per heavy atom. The molecule has 230 valence electrons. The van der Waals surface area contributed by atoms with Crippen molar-refractivity contribution in [3.8, 4) is 0 Å². The standard InChI is InChI=1S/C20H21N3O4S.C10H8ClNO3S/c1-22-20(24)18(19(28(22,25)26)15-5-3-2-4-6-15)21-16-7-9-17(10-8-16)23-11-13-27-14-12-23;1-12-10(13)8(11)9(16(12,14)15)7-5-3-2-4-6-7/h2-10,21H,11-14H2,1H3;2-6H,1H3. The Labute approximate surface area is 261 Å². The molecule has 0 spiro atoms. The van der Waals surface area contributed by atoms with E-state index in [2.05, 4.69) is 10.2 Å². The molecule has 3 aliphatic rings. The molecular weight excluding hydrogens is 628 g/mol. The van der Waals surface area contributed by atoms with Crippen molar-refractivity contribution in [2.75, 3.05) is 50.6 Å². The van der Waals surface area contributed by atoms with Crippen LogP contribution in [0.25, 0.3) is 9.81 Å². The number of ether oxygens (including phenoxy) is 1. The molecule has 11 nitrogen and oxygen atoms in total. The number of carbonyl (C=O) groups excluding carboxylic acids is 2. The Morgan fingerprint density at radius 3 is 1.66 bits per heavy atom. The van der Waals surface area contributed by atoms with Gasteiger partial charge in [0.1, 0.15) is 20.5 Å². The normalized spacial score (nSPS) is 19.3. The number of hydrogen-bond donors (Lipinski definition) is 1. The number of sulfonamides is 2. The number of amides is 2. The third-order valence-corrected chi connectivity index (χ3v) is 11.4. The SMILES string of the molecule is CN1C(=O)C(Cl)=C(c2ccccc2)S1(=O)=O.CN1C(=O)C(Nc2ccc(N3CCOCC3)cc2)=C(c2ccccc2)S1(=O)=O. The summed E-state index contributed by atoms with van der Waals surface area (Å²) in [6.45, 7) is 3.06. The van der Waals surface area contributed by atoms with Crippen LogP contribution < -0.4 is 10.2 Å². The van der Waals surface area contributed by atoms with Gasteiger partial charge in [-0.05, 0) is 35.4 Å². The van der Waals surface area contributed by atoms with Gasteiger partial charge in [-0.2, -0.15) is 0 Å². The van der Waals surface area contributed by atoms with Crippen molar-refractivity contribution in [1.82, 2.24) is 8.61 Å². The van der Waals surface area contributed by atoms with Crippen LogP contribution in [0.2, 0.25) is 0 Å². The van der Waals surface area contributed by atoms with E-state index in [0.717, 1.165) is 23.1 Å². The first kappa shape index (κ1) is 31.3. The molecule has 0 unspecified atom stereocenters. The lowest BCUT2D eigenvalue weighted by molar-refractivity contribution is -0.121. The van der Waals surface area contributed by atoms with Gasteiger partial charge in [0.2, 0.25) is 0 Å². The van der Waals surface area contributed by atoms with Gasteiger partial charge >= 0.3 is 0 Å². The highest BCUT2D eigenvalue weighted by Crippen LogP contribution is 2.37. The van der Waals surface area contributed by atoms with Crippen LogP contribution in [0.3, 0.4) is 0 Å². The molecule has 3 aromatic rings. The molecule has 0 bridgehead atoms. The molecule has 1 N–H and O–H groups in total. The number of rotatable bonds is 5. The topological polar surface area (TPSA) is 133 Å². The maximum atomic E-state index is 12.8. The van der Waals surface area contributed by atoms with Gasteiger partial charge in [0.05, 0.1) is 13.2 Å². The van der Waals surface area contributed by atoms with E-state index in [9.17, 15) is 26.4 Å². The fourth-order valence-electron chi connectivity index (χ4n) is 4.80. The number of anilines is 2. The number of hydrogen-bond acceptors (Lipinski definition) is 9. The summed E-state index contributed by atoms with van der Waals surface area (Å²) < 4.78 is 56.1. The summed E-state index contributed by atoms with van der Waals surface area (Å²) in [5.41, 5.74) is 2.68.